The van der Waals surface area contributed by atoms with Gasteiger partial charge in [0.1, 0.15) is 0 Å². The van der Waals surface area contributed by atoms with Crippen LogP contribution in [-0.2, 0) is 0 Å². The summed E-state index contributed by atoms with van der Waals surface area (Å²) < 4.78 is 0. The summed E-state index contributed by atoms with van der Waals surface area (Å²) in [5, 5.41) is 11.0. The molecule has 102 valence electrons. The Morgan fingerprint density at radius 2 is 1.35 bits per heavy atom. The van der Waals surface area contributed by atoms with E-state index in [1.807, 2.05) is 0 Å². The second kappa shape index (κ2) is 6.04. The van der Waals surface area contributed by atoms with E-state index < -0.39 is 5.60 Å². The molecule has 1 N–H and O–H groups in total. The lowest BCUT2D eigenvalue weighted by Crippen LogP contribution is -2.52. The summed E-state index contributed by atoms with van der Waals surface area (Å²) in [7, 11) is 0. The normalized spacial score (nSPS) is 14.6. The van der Waals surface area contributed by atoms with Crippen LogP contribution in [0.5, 0.6) is 0 Å². The van der Waals surface area contributed by atoms with Crippen LogP contribution in [0.25, 0.3) is 0 Å². The summed E-state index contributed by atoms with van der Waals surface area (Å²) in [5.74, 6) is 0. The van der Waals surface area contributed by atoms with Gasteiger partial charge in [-0.15, -0.1) is 0 Å². The second-order valence-electron chi connectivity index (χ2n) is 7.18. The molecule has 0 unspecified atom stereocenters. The maximum atomic E-state index is 11.0. The largest absolute Gasteiger partial charge is 0.388 e. The molecule has 0 aromatic carbocycles. The van der Waals surface area contributed by atoms with Crippen LogP contribution in [-0.4, -0.2) is 10.7 Å². The van der Waals surface area contributed by atoms with Crippen LogP contribution in [0.2, 0.25) is 0 Å². The molecular formula is C16H32O. The first-order valence-electron chi connectivity index (χ1n) is 6.93. The van der Waals surface area contributed by atoms with E-state index in [4.69, 9.17) is 0 Å². The number of hydrogen-bond donors (Lipinski definition) is 1. The minimum atomic E-state index is -0.664. The molecule has 0 radical (unpaired) electrons. The summed E-state index contributed by atoms with van der Waals surface area (Å²) in [5.41, 5.74) is -0.886. The molecule has 0 heterocycles. The van der Waals surface area contributed by atoms with Crippen molar-refractivity contribution >= 4 is 0 Å². The van der Waals surface area contributed by atoms with Crippen molar-refractivity contribution in [3.8, 4) is 0 Å². The Bertz CT molecular complexity index is 223. The molecule has 0 amide bonds. The molecule has 0 rings (SSSR count). The number of aliphatic hydroxyl groups is 1. The van der Waals surface area contributed by atoms with Crippen molar-refractivity contribution in [1.82, 2.24) is 0 Å². The van der Waals surface area contributed by atoms with E-state index in [-0.39, 0.29) is 10.8 Å². The molecular weight excluding hydrogens is 208 g/mol. The Morgan fingerprint density at radius 3 is 1.71 bits per heavy atom. The highest BCUT2D eigenvalue weighted by atomic mass is 16.3. The highest BCUT2D eigenvalue weighted by molar-refractivity contribution is 5.04. The molecule has 0 fully saturated rings. The van der Waals surface area contributed by atoms with E-state index in [1.165, 1.54) is 12.8 Å². The third kappa shape index (κ3) is 4.46. The number of unbranched alkanes of at least 4 members (excludes halogenated alkanes) is 2. The van der Waals surface area contributed by atoms with E-state index in [0.717, 1.165) is 12.8 Å². The Morgan fingerprint density at radius 1 is 0.882 bits per heavy atom. The van der Waals surface area contributed by atoms with Crippen LogP contribution < -0.4 is 0 Å². The van der Waals surface area contributed by atoms with Crippen LogP contribution in [0.1, 0.15) is 74.1 Å². The number of allylic oxidation sites excluding steroid dienone is 1. The van der Waals surface area contributed by atoms with Gasteiger partial charge in [0.05, 0.1) is 5.60 Å². The van der Waals surface area contributed by atoms with E-state index >= 15 is 0 Å². The average Bonchev–Trinajstić information content (AvgIpc) is 2.13. The van der Waals surface area contributed by atoms with Gasteiger partial charge in [-0.25, -0.2) is 0 Å². The summed E-state index contributed by atoms with van der Waals surface area (Å²) in [4.78, 5) is 0. The average molecular weight is 240 g/mol. The van der Waals surface area contributed by atoms with Gasteiger partial charge in [0.2, 0.25) is 0 Å². The molecule has 0 saturated carbocycles. The molecule has 1 nitrogen and oxygen atoms in total. The zero-order valence-electron chi connectivity index (χ0n) is 12.9. The Labute approximate surface area is 108 Å². The molecule has 0 spiro atoms. The van der Waals surface area contributed by atoms with Crippen LogP contribution in [0.4, 0.5) is 0 Å². The van der Waals surface area contributed by atoms with Crippen molar-refractivity contribution in [2.24, 2.45) is 10.8 Å². The zero-order valence-corrected chi connectivity index (χ0v) is 12.9. The van der Waals surface area contributed by atoms with Crippen LogP contribution in [0.15, 0.2) is 12.2 Å². The third-order valence-electron chi connectivity index (χ3n) is 3.79. The molecule has 0 atom stereocenters. The molecule has 0 saturated heterocycles. The maximum Gasteiger partial charge on any atom is 0.0777 e. The van der Waals surface area contributed by atoms with E-state index in [9.17, 15) is 5.11 Å². The fourth-order valence-electron chi connectivity index (χ4n) is 2.43. The number of rotatable bonds is 5. The van der Waals surface area contributed by atoms with Crippen molar-refractivity contribution in [3.05, 3.63) is 12.2 Å². The molecule has 1 heteroatoms. The highest BCUT2D eigenvalue weighted by Gasteiger charge is 2.48. The molecule has 17 heavy (non-hydrogen) atoms. The van der Waals surface area contributed by atoms with Crippen LogP contribution in [0.3, 0.4) is 0 Å². The van der Waals surface area contributed by atoms with Gasteiger partial charge in [0.15, 0.2) is 0 Å². The van der Waals surface area contributed by atoms with Crippen molar-refractivity contribution < 1.29 is 5.11 Å². The van der Waals surface area contributed by atoms with E-state index in [0.29, 0.717) is 0 Å². The summed E-state index contributed by atoms with van der Waals surface area (Å²) in [6, 6.07) is 0. The summed E-state index contributed by atoms with van der Waals surface area (Å²) >= 11 is 0. The van der Waals surface area contributed by atoms with Gasteiger partial charge < -0.3 is 5.11 Å². The Hall–Kier alpha value is -0.300. The molecule has 0 aliphatic heterocycles. The fraction of sp³-hybridized carbons (Fsp3) is 0.875. The SMILES string of the molecule is CCCC/C=C/CC(O)(C(C)(C)C)C(C)(C)C. The second-order valence-corrected chi connectivity index (χ2v) is 7.18. The van der Waals surface area contributed by atoms with Gasteiger partial charge in [-0.05, 0) is 23.7 Å². The van der Waals surface area contributed by atoms with Gasteiger partial charge in [-0.3, -0.25) is 0 Å². The minimum Gasteiger partial charge on any atom is -0.388 e. The van der Waals surface area contributed by atoms with Crippen LogP contribution >= 0.6 is 0 Å². The van der Waals surface area contributed by atoms with E-state index in [2.05, 4.69) is 60.6 Å². The van der Waals surface area contributed by atoms with Gasteiger partial charge in [-0.1, -0.05) is 73.5 Å². The van der Waals surface area contributed by atoms with Crippen molar-refractivity contribution in [3.63, 3.8) is 0 Å². The van der Waals surface area contributed by atoms with Gasteiger partial charge in [0, 0.05) is 0 Å². The molecule has 0 aliphatic carbocycles. The van der Waals surface area contributed by atoms with Gasteiger partial charge in [0.25, 0.3) is 0 Å². The van der Waals surface area contributed by atoms with E-state index in [1.54, 1.807) is 0 Å². The van der Waals surface area contributed by atoms with Crippen molar-refractivity contribution in [2.45, 2.75) is 79.8 Å². The number of hydrogen-bond acceptors (Lipinski definition) is 1. The summed E-state index contributed by atoms with van der Waals surface area (Å²) in [6.45, 7) is 14.9. The Kier molecular flexibility index (Phi) is 5.93. The standard InChI is InChI=1S/C16H32O/c1-8-9-10-11-12-13-16(17,14(2,3)4)15(5,6)7/h11-12,17H,8-10,13H2,1-7H3/b12-11+. The highest BCUT2D eigenvalue weighted by Crippen LogP contribution is 2.46. The van der Waals surface area contributed by atoms with Crippen molar-refractivity contribution in [1.29, 1.82) is 0 Å². The zero-order chi connectivity index (χ0) is 13.7. The topological polar surface area (TPSA) is 20.2 Å². The van der Waals surface area contributed by atoms with Gasteiger partial charge in [-0.2, -0.15) is 0 Å². The third-order valence-corrected chi connectivity index (χ3v) is 3.79. The molecule has 0 bridgehead atoms. The smallest absolute Gasteiger partial charge is 0.0777 e. The lowest BCUT2D eigenvalue weighted by atomic mass is 9.61. The predicted octanol–water partition coefficient (Wildman–Crippen LogP) is 4.95. The maximum absolute atomic E-state index is 11.0. The first-order chi connectivity index (χ1) is 7.56. The lowest BCUT2D eigenvalue weighted by Gasteiger charge is -2.49. The first kappa shape index (κ1) is 16.7. The quantitative estimate of drug-likeness (QED) is 0.532. The Balaban J connectivity index is 4.70. The molecule has 0 aromatic heterocycles. The lowest BCUT2D eigenvalue weighted by molar-refractivity contribution is -0.134. The van der Waals surface area contributed by atoms with Crippen molar-refractivity contribution in [2.75, 3.05) is 0 Å². The molecule has 0 aliphatic rings. The molecule has 0 aromatic rings. The predicted molar refractivity (Wildman–Crippen MR) is 77.1 cm³/mol. The van der Waals surface area contributed by atoms with Gasteiger partial charge >= 0.3 is 0 Å². The minimum absolute atomic E-state index is 0.111. The fourth-order valence-corrected chi connectivity index (χ4v) is 2.43. The first-order valence-corrected chi connectivity index (χ1v) is 6.93. The monoisotopic (exact) mass is 240 g/mol. The summed E-state index contributed by atoms with van der Waals surface area (Å²) in [6.07, 6.45) is 8.70. The van der Waals surface area contributed by atoms with Crippen LogP contribution in [0, 0.1) is 10.8 Å².